The van der Waals surface area contributed by atoms with Crippen LogP contribution in [-0.4, -0.2) is 6.04 Å². The zero-order valence-electron chi connectivity index (χ0n) is 9.75. The molecule has 0 aliphatic heterocycles. The Bertz CT molecular complexity index is 561. The number of thiophene rings is 1. The van der Waals surface area contributed by atoms with Crippen molar-refractivity contribution >= 4 is 34.5 Å². The quantitative estimate of drug-likeness (QED) is 0.840. The lowest BCUT2D eigenvalue weighted by Crippen LogP contribution is -2.15. The van der Waals surface area contributed by atoms with Crippen molar-refractivity contribution in [2.75, 3.05) is 0 Å². The van der Waals surface area contributed by atoms with Gasteiger partial charge in [0.2, 0.25) is 0 Å². The van der Waals surface area contributed by atoms with Crippen LogP contribution in [0.15, 0.2) is 30.3 Å². The summed E-state index contributed by atoms with van der Waals surface area (Å²) in [7, 11) is 0. The third kappa shape index (κ3) is 2.89. The smallest absolute Gasteiger partial charge is 0.0934 e. The van der Waals surface area contributed by atoms with Gasteiger partial charge in [-0.15, -0.1) is 11.3 Å². The fraction of sp³-hybridized carbons (Fsp3) is 0.286. The molecule has 1 fully saturated rings. The number of nitrogens with one attached hydrogen (secondary N) is 1. The van der Waals surface area contributed by atoms with E-state index in [9.17, 15) is 0 Å². The van der Waals surface area contributed by atoms with E-state index in [4.69, 9.17) is 23.2 Å². The Morgan fingerprint density at radius 3 is 2.67 bits per heavy atom. The van der Waals surface area contributed by atoms with Gasteiger partial charge in [-0.3, -0.25) is 0 Å². The molecule has 4 heteroatoms. The Balaban J connectivity index is 1.91. The zero-order chi connectivity index (χ0) is 12.5. The number of rotatable bonds is 4. The van der Waals surface area contributed by atoms with Crippen molar-refractivity contribution in [1.82, 2.24) is 5.32 Å². The lowest BCUT2D eigenvalue weighted by atomic mass is 10.1. The predicted molar refractivity (Wildman–Crippen MR) is 79.6 cm³/mol. The van der Waals surface area contributed by atoms with Gasteiger partial charge in [0.15, 0.2) is 0 Å². The maximum Gasteiger partial charge on any atom is 0.0934 e. The van der Waals surface area contributed by atoms with Crippen LogP contribution in [0.4, 0.5) is 0 Å². The molecule has 1 saturated carbocycles. The van der Waals surface area contributed by atoms with E-state index in [2.05, 4.69) is 17.4 Å². The van der Waals surface area contributed by atoms with Gasteiger partial charge in [0.05, 0.1) is 4.34 Å². The molecular formula is C14H13Cl2NS. The summed E-state index contributed by atoms with van der Waals surface area (Å²) >= 11 is 13.7. The molecule has 1 nitrogen and oxygen atoms in total. The van der Waals surface area contributed by atoms with Crippen molar-refractivity contribution in [3.05, 3.63) is 45.3 Å². The number of hydrogen-bond donors (Lipinski definition) is 1. The topological polar surface area (TPSA) is 12.0 Å². The Labute approximate surface area is 121 Å². The van der Waals surface area contributed by atoms with Gasteiger partial charge in [-0.25, -0.2) is 0 Å². The molecule has 1 aromatic heterocycles. The summed E-state index contributed by atoms with van der Waals surface area (Å²) in [6.45, 7) is 0.896. The van der Waals surface area contributed by atoms with Crippen molar-refractivity contribution in [2.45, 2.75) is 25.4 Å². The summed E-state index contributed by atoms with van der Waals surface area (Å²) < 4.78 is 0.811. The fourth-order valence-corrected chi connectivity index (χ4v) is 3.20. The first-order valence-electron chi connectivity index (χ1n) is 6.00. The number of hydrogen-bond acceptors (Lipinski definition) is 2. The summed E-state index contributed by atoms with van der Waals surface area (Å²) in [5.74, 6) is 0. The van der Waals surface area contributed by atoms with E-state index in [0.717, 1.165) is 15.9 Å². The summed E-state index contributed by atoms with van der Waals surface area (Å²) in [6.07, 6.45) is 2.60. The van der Waals surface area contributed by atoms with E-state index in [-0.39, 0.29) is 0 Å². The first kappa shape index (κ1) is 12.5. The van der Waals surface area contributed by atoms with Gasteiger partial charge in [0.25, 0.3) is 0 Å². The van der Waals surface area contributed by atoms with Gasteiger partial charge >= 0.3 is 0 Å². The van der Waals surface area contributed by atoms with Crippen LogP contribution >= 0.6 is 34.5 Å². The molecule has 94 valence electrons. The molecule has 1 aliphatic carbocycles. The molecule has 0 unspecified atom stereocenters. The maximum absolute atomic E-state index is 6.10. The SMILES string of the molecule is Clc1ccc(CNC2CC2)c(-c2ccc(Cl)s2)c1. The number of halogens is 2. The highest BCUT2D eigenvalue weighted by Gasteiger charge is 2.20. The van der Waals surface area contributed by atoms with Crippen LogP contribution in [0.1, 0.15) is 18.4 Å². The fourth-order valence-electron chi connectivity index (χ4n) is 1.93. The normalized spacial score (nSPS) is 15.0. The highest BCUT2D eigenvalue weighted by atomic mass is 35.5. The average molecular weight is 298 g/mol. The molecule has 1 aromatic carbocycles. The first-order chi connectivity index (χ1) is 8.72. The molecule has 0 atom stereocenters. The van der Waals surface area contributed by atoms with E-state index in [0.29, 0.717) is 6.04 Å². The summed E-state index contributed by atoms with van der Waals surface area (Å²) in [4.78, 5) is 1.18. The minimum atomic E-state index is 0.709. The number of benzene rings is 1. The average Bonchev–Trinajstić information content (AvgIpc) is 3.09. The molecule has 0 amide bonds. The summed E-state index contributed by atoms with van der Waals surface area (Å²) in [6, 6.07) is 10.8. The predicted octanol–water partition coefficient (Wildman–Crippen LogP) is 4.97. The lowest BCUT2D eigenvalue weighted by molar-refractivity contribution is 0.689. The zero-order valence-corrected chi connectivity index (χ0v) is 12.1. The molecule has 0 spiro atoms. The van der Waals surface area contributed by atoms with Crippen LogP contribution in [0.5, 0.6) is 0 Å². The Morgan fingerprint density at radius 1 is 1.17 bits per heavy atom. The Morgan fingerprint density at radius 2 is 2.00 bits per heavy atom. The minimum Gasteiger partial charge on any atom is -0.310 e. The maximum atomic E-state index is 6.10. The molecule has 0 radical (unpaired) electrons. The first-order valence-corrected chi connectivity index (χ1v) is 7.57. The van der Waals surface area contributed by atoms with Crippen LogP contribution in [0.2, 0.25) is 9.36 Å². The van der Waals surface area contributed by atoms with E-state index in [1.807, 2.05) is 18.2 Å². The van der Waals surface area contributed by atoms with Crippen molar-refractivity contribution in [2.24, 2.45) is 0 Å². The second-order valence-corrected chi connectivity index (χ2v) is 6.71. The van der Waals surface area contributed by atoms with Crippen LogP contribution in [-0.2, 0) is 6.54 Å². The largest absolute Gasteiger partial charge is 0.310 e. The monoisotopic (exact) mass is 297 g/mol. The molecule has 0 saturated heterocycles. The van der Waals surface area contributed by atoms with Crippen molar-refractivity contribution < 1.29 is 0 Å². The van der Waals surface area contributed by atoms with Crippen molar-refractivity contribution in [1.29, 1.82) is 0 Å². The van der Waals surface area contributed by atoms with E-state index >= 15 is 0 Å². The van der Waals surface area contributed by atoms with Crippen molar-refractivity contribution in [3.63, 3.8) is 0 Å². The Hall–Kier alpha value is -0.540. The second kappa shape index (κ2) is 5.22. The molecule has 2 aromatic rings. The molecular weight excluding hydrogens is 285 g/mol. The van der Waals surface area contributed by atoms with Crippen LogP contribution in [0.25, 0.3) is 10.4 Å². The standard InChI is InChI=1S/C14H13Cl2NS/c15-10-2-1-9(8-17-11-3-4-11)12(7-10)13-5-6-14(16)18-13/h1-2,5-7,11,17H,3-4,8H2. The van der Waals surface area contributed by atoms with Gasteiger partial charge in [-0.1, -0.05) is 29.3 Å². The summed E-state index contributed by atoms with van der Waals surface area (Å²) in [5.41, 5.74) is 2.47. The third-order valence-corrected chi connectivity index (χ3v) is 4.57. The van der Waals surface area contributed by atoms with Gasteiger partial charge < -0.3 is 5.32 Å². The van der Waals surface area contributed by atoms with Crippen LogP contribution in [0, 0.1) is 0 Å². The molecule has 1 aliphatic rings. The lowest BCUT2D eigenvalue weighted by Gasteiger charge is -2.09. The van der Waals surface area contributed by atoms with Crippen LogP contribution < -0.4 is 5.32 Å². The minimum absolute atomic E-state index is 0.709. The third-order valence-electron chi connectivity index (χ3n) is 3.07. The van der Waals surface area contributed by atoms with Gasteiger partial charge in [0.1, 0.15) is 0 Å². The van der Waals surface area contributed by atoms with Crippen LogP contribution in [0.3, 0.4) is 0 Å². The van der Waals surface area contributed by atoms with Crippen molar-refractivity contribution in [3.8, 4) is 10.4 Å². The molecule has 3 rings (SSSR count). The highest BCUT2D eigenvalue weighted by molar-refractivity contribution is 7.19. The van der Waals surface area contributed by atoms with E-state index in [1.165, 1.54) is 28.8 Å². The van der Waals surface area contributed by atoms with Gasteiger partial charge in [-0.05, 0) is 48.2 Å². The van der Waals surface area contributed by atoms with Gasteiger partial charge in [-0.2, -0.15) is 0 Å². The molecule has 1 heterocycles. The van der Waals surface area contributed by atoms with Gasteiger partial charge in [0, 0.05) is 22.5 Å². The summed E-state index contributed by atoms with van der Waals surface area (Å²) in [5, 5.41) is 4.31. The second-order valence-electron chi connectivity index (χ2n) is 4.56. The van der Waals surface area contributed by atoms with E-state index < -0.39 is 0 Å². The molecule has 0 bridgehead atoms. The Kier molecular flexibility index (Phi) is 3.62. The highest BCUT2D eigenvalue weighted by Crippen LogP contribution is 2.35. The van der Waals surface area contributed by atoms with E-state index in [1.54, 1.807) is 11.3 Å². The molecule has 1 N–H and O–H groups in total. The molecule has 18 heavy (non-hydrogen) atoms.